The predicted molar refractivity (Wildman–Crippen MR) is 48.8 cm³/mol. The molecule has 3 heteroatoms. The Bertz CT molecular complexity index is 133. The Morgan fingerprint density at radius 1 is 1.67 bits per heavy atom. The second-order valence-corrected chi connectivity index (χ2v) is 2.89. The maximum Gasteiger partial charge on any atom is 0.329 e. The van der Waals surface area contributed by atoms with E-state index in [0.29, 0.717) is 0 Å². The van der Waals surface area contributed by atoms with Gasteiger partial charge < -0.3 is 9.84 Å². The maximum absolute atomic E-state index is 9.84. The van der Waals surface area contributed by atoms with Gasteiger partial charge in [0.2, 0.25) is 0 Å². The lowest BCUT2D eigenvalue weighted by Gasteiger charge is -2.11. The van der Waals surface area contributed by atoms with Gasteiger partial charge in [-0.3, -0.25) is 0 Å². The fraction of sp³-hybridized carbons (Fsp3) is 0.667. The van der Waals surface area contributed by atoms with Gasteiger partial charge in [-0.25, -0.2) is 4.79 Å². The van der Waals surface area contributed by atoms with Crippen LogP contribution in [0.25, 0.3) is 0 Å². The first-order valence-electron chi connectivity index (χ1n) is 3.80. The molecule has 0 amide bonds. The van der Waals surface area contributed by atoms with Gasteiger partial charge in [0.25, 0.3) is 0 Å². The van der Waals surface area contributed by atoms with E-state index < -0.39 is 11.6 Å². The maximum atomic E-state index is 9.84. The van der Waals surface area contributed by atoms with Crippen LogP contribution in [0.15, 0.2) is 12.7 Å². The molecule has 0 spiro atoms. The minimum absolute atomic E-state index is 0.394. The molecule has 72 valence electrons. The molecule has 0 saturated carbocycles. The van der Waals surface area contributed by atoms with Crippen molar-refractivity contribution in [3.63, 3.8) is 0 Å². The van der Waals surface area contributed by atoms with Gasteiger partial charge in [-0.1, -0.05) is 13.5 Å². The summed E-state index contributed by atoms with van der Waals surface area (Å²) in [6.45, 7) is 8.71. The Labute approximate surface area is 74.0 Å². The molecule has 0 aliphatic heterocycles. The summed E-state index contributed by atoms with van der Waals surface area (Å²) >= 11 is 0. The second-order valence-electron chi connectivity index (χ2n) is 2.89. The Hall–Kier alpha value is -0.830. The van der Waals surface area contributed by atoms with E-state index in [1.807, 2.05) is 6.92 Å². The number of carbonyl (C=O) groups excluding carboxylic acids is 1. The van der Waals surface area contributed by atoms with E-state index in [4.69, 9.17) is 5.11 Å². The third-order valence-corrected chi connectivity index (χ3v) is 1.23. The van der Waals surface area contributed by atoms with Gasteiger partial charge in [-0.05, 0) is 20.3 Å². The van der Waals surface area contributed by atoms with Crippen LogP contribution in [0, 0.1) is 0 Å². The van der Waals surface area contributed by atoms with Crippen molar-refractivity contribution in [3.8, 4) is 0 Å². The van der Waals surface area contributed by atoms with Crippen LogP contribution in [0.1, 0.15) is 27.2 Å². The smallest absolute Gasteiger partial charge is 0.329 e. The zero-order valence-corrected chi connectivity index (χ0v) is 8.26. The summed E-state index contributed by atoms with van der Waals surface area (Å²) < 4.78 is 4.14. The molecule has 0 unspecified atom stereocenters. The summed E-state index contributed by atoms with van der Waals surface area (Å²) in [5, 5.41) is 8.83. The minimum atomic E-state index is -0.458. The van der Waals surface area contributed by atoms with E-state index in [-0.39, 0.29) is 0 Å². The number of esters is 1. The van der Waals surface area contributed by atoms with Gasteiger partial charge in [0.05, 0.1) is 12.7 Å². The zero-order valence-electron chi connectivity index (χ0n) is 8.26. The number of aliphatic hydroxyl groups is 1. The van der Waals surface area contributed by atoms with E-state index >= 15 is 0 Å². The van der Waals surface area contributed by atoms with E-state index in [0.717, 1.165) is 12.5 Å². The zero-order chi connectivity index (χ0) is 10.2. The molecular formula is C9H18O3. The summed E-state index contributed by atoms with van der Waals surface area (Å²) in [5.74, 6) is -0.394. The Morgan fingerprint density at radius 3 is 2.00 bits per heavy atom. The van der Waals surface area contributed by atoms with E-state index in [1.165, 1.54) is 7.11 Å². The highest BCUT2D eigenvalue weighted by Crippen LogP contribution is 2.03. The first-order valence-corrected chi connectivity index (χ1v) is 3.80. The van der Waals surface area contributed by atoms with Crippen LogP contribution >= 0.6 is 0 Å². The molecule has 0 bridgehead atoms. The van der Waals surface area contributed by atoms with Crippen LogP contribution in [-0.4, -0.2) is 23.8 Å². The number of hydrogen-bond donors (Lipinski definition) is 1. The lowest BCUT2D eigenvalue weighted by molar-refractivity contribution is -0.134. The molecule has 3 nitrogen and oxygen atoms in total. The molecular weight excluding hydrogens is 156 g/mol. The number of hydrogen-bond acceptors (Lipinski definition) is 3. The van der Waals surface area contributed by atoms with E-state index in [1.54, 1.807) is 13.8 Å². The SMILES string of the molecule is C=CC(=O)OC.CCC(C)(C)O. The standard InChI is InChI=1S/C5H12O.C4H6O2/c1-4-5(2,3)6;1-3-4(5)6-2/h6H,4H2,1-3H3;3H,1H2,2H3. The molecule has 0 aromatic rings. The van der Waals surface area contributed by atoms with Crippen molar-refractivity contribution in [2.45, 2.75) is 32.8 Å². The summed E-state index contributed by atoms with van der Waals surface area (Å²) in [4.78, 5) is 9.84. The number of methoxy groups -OCH3 is 1. The van der Waals surface area contributed by atoms with E-state index in [9.17, 15) is 4.79 Å². The number of rotatable bonds is 2. The molecule has 0 aromatic carbocycles. The Morgan fingerprint density at radius 2 is 2.00 bits per heavy atom. The summed E-state index contributed by atoms with van der Waals surface area (Å²) in [6, 6.07) is 0. The van der Waals surface area contributed by atoms with Crippen molar-refractivity contribution in [1.29, 1.82) is 0 Å². The van der Waals surface area contributed by atoms with Crippen LogP contribution in [0.3, 0.4) is 0 Å². The van der Waals surface area contributed by atoms with Crippen molar-refractivity contribution < 1.29 is 14.6 Å². The molecule has 0 saturated heterocycles. The fourth-order valence-corrected chi connectivity index (χ4v) is 0.0833. The van der Waals surface area contributed by atoms with Crippen molar-refractivity contribution >= 4 is 5.97 Å². The molecule has 0 aromatic heterocycles. The van der Waals surface area contributed by atoms with E-state index in [2.05, 4.69) is 11.3 Å². The fourth-order valence-electron chi connectivity index (χ4n) is 0.0833. The third kappa shape index (κ3) is 16.1. The normalized spacial score (nSPS) is 9.42. The highest BCUT2D eigenvalue weighted by atomic mass is 16.5. The minimum Gasteiger partial charge on any atom is -0.466 e. The third-order valence-electron chi connectivity index (χ3n) is 1.23. The van der Waals surface area contributed by atoms with Crippen LogP contribution in [0.4, 0.5) is 0 Å². The molecule has 0 aliphatic carbocycles. The van der Waals surface area contributed by atoms with Gasteiger partial charge in [0, 0.05) is 6.08 Å². The highest BCUT2D eigenvalue weighted by Gasteiger charge is 2.05. The lowest BCUT2D eigenvalue weighted by atomic mass is 10.1. The highest BCUT2D eigenvalue weighted by molar-refractivity contribution is 5.80. The number of carbonyl (C=O) groups is 1. The van der Waals surface area contributed by atoms with Crippen molar-refractivity contribution in [2.24, 2.45) is 0 Å². The average Bonchev–Trinajstić information content (AvgIpc) is 2.03. The van der Waals surface area contributed by atoms with Crippen LogP contribution in [-0.2, 0) is 9.53 Å². The summed E-state index contributed by atoms with van der Waals surface area (Å²) in [5.41, 5.74) is -0.458. The molecule has 0 radical (unpaired) electrons. The lowest BCUT2D eigenvalue weighted by Crippen LogP contribution is -2.15. The summed E-state index contributed by atoms with van der Waals surface area (Å²) in [6.07, 6.45) is 1.94. The second kappa shape index (κ2) is 6.85. The van der Waals surface area contributed by atoms with Crippen molar-refractivity contribution in [1.82, 2.24) is 0 Å². The number of ether oxygens (including phenoxy) is 1. The predicted octanol–water partition coefficient (Wildman–Crippen LogP) is 1.51. The monoisotopic (exact) mass is 174 g/mol. The molecule has 0 atom stereocenters. The Balaban J connectivity index is 0. The molecule has 1 N–H and O–H groups in total. The van der Waals surface area contributed by atoms with Gasteiger partial charge in [0.15, 0.2) is 0 Å². The summed E-state index contributed by atoms with van der Waals surface area (Å²) in [7, 11) is 1.31. The molecule has 12 heavy (non-hydrogen) atoms. The molecule has 0 rings (SSSR count). The first-order chi connectivity index (χ1) is 5.37. The van der Waals surface area contributed by atoms with Crippen molar-refractivity contribution in [3.05, 3.63) is 12.7 Å². The van der Waals surface area contributed by atoms with Crippen LogP contribution < -0.4 is 0 Å². The molecule has 0 heterocycles. The van der Waals surface area contributed by atoms with Gasteiger partial charge in [-0.15, -0.1) is 0 Å². The van der Waals surface area contributed by atoms with Gasteiger partial charge in [-0.2, -0.15) is 0 Å². The molecule has 0 aliphatic rings. The largest absolute Gasteiger partial charge is 0.466 e. The molecule has 0 fully saturated rings. The topological polar surface area (TPSA) is 46.5 Å². The van der Waals surface area contributed by atoms with Crippen molar-refractivity contribution in [2.75, 3.05) is 7.11 Å². The van der Waals surface area contributed by atoms with Gasteiger partial charge in [0.1, 0.15) is 0 Å². The first kappa shape index (κ1) is 13.7. The quantitative estimate of drug-likeness (QED) is 0.510. The average molecular weight is 174 g/mol. The van der Waals surface area contributed by atoms with Crippen LogP contribution in [0.2, 0.25) is 0 Å². The van der Waals surface area contributed by atoms with Crippen LogP contribution in [0.5, 0.6) is 0 Å². The Kier molecular flexibility index (Phi) is 7.85. The van der Waals surface area contributed by atoms with Gasteiger partial charge >= 0.3 is 5.97 Å².